The second kappa shape index (κ2) is 5.77. The number of likely N-dealkylation sites (N-methyl/N-ethyl adjacent to an activating group) is 1. The molecule has 2 amide bonds. The van der Waals surface area contributed by atoms with Crippen LogP contribution < -0.4 is 0 Å². The molecule has 2 unspecified atom stereocenters. The lowest BCUT2D eigenvalue weighted by molar-refractivity contribution is -0.141. The first-order valence-electron chi connectivity index (χ1n) is 6.96. The number of nitrogens with zero attached hydrogens (tertiary/aromatic N) is 3. The SMILES string of the molecule is CC1CN(C)CCCN1C(=O)N1CCC(C(=O)O)C1. The van der Waals surface area contributed by atoms with E-state index in [1.165, 1.54) is 0 Å². The fraction of sp³-hybridized carbons (Fsp3) is 0.846. The Bertz CT molecular complexity index is 361. The van der Waals surface area contributed by atoms with Gasteiger partial charge in [0, 0.05) is 32.2 Å². The number of urea groups is 1. The summed E-state index contributed by atoms with van der Waals surface area (Å²) in [6.07, 6.45) is 1.55. The lowest BCUT2D eigenvalue weighted by Gasteiger charge is -2.32. The third kappa shape index (κ3) is 3.18. The van der Waals surface area contributed by atoms with E-state index in [0.29, 0.717) is 19.5 Å². The van der Waals surface area contributed by atoms with Crippen molar-refractivity contribution in [1.29, 1.82) is 0 Å². The van der Waals surface area contributed by atoms with Crippen molar-refractivity contribution in [3.63, 3.8) is 0 Å². The van der Waals surface area contributed by atoms with Crippen LogP contribution in [0.4, 0.5) is 4.79 Å². The average Bonchev–Trinajstić information content (AvgIpc) is 2.77. The van der Waals surface area contributed by atoms with Gasteiger partial charge in [-0.15, -0.1) is 0 Å². The summed E-state index contributed by atoms with van der Waals surface area (Å²) in [5.41, 5.74) is 0. The number of hydrogen-bond acceptors (Lipinski definition) is 3. The predicted molar refractivity (Wildman–Crippen MR) is 71.0 cm³/mol. The highest BCUT2D eigenvalue weighted by Gasteiger charge is 2.34. The normalized spacial score (nSPS) is 29.4. The highest BCUT2D eigenvalue weighted by atomic mass is 16.4. The maximum atomic E-state index is 12.5. The standard InChI is InChI=1S/C13H23N3O3/c1-10-8-14(2)5-3-6-16(10)13(19)15-7-4-11(9-15)12(17)18/h10-11H,3-9H2,1-2H3,(H,17,18). The first kappa shape index (κ1) is 14.1. The fourth-order valence-electron chi connectivity index (χ4n) is 2.97. The van der Waals surface area contributed by atoms with Crippen LogP contribution in [0.3, 0.4) is 0 Å². The Kier molecular flexibility index (Phi) is 4.29. The number of carbonyl (C=O) groups is 2. The molecule has 0 aromatic rings. The van der Waals surface area contributed by atoms with E-state index in [9.17, 15) is 9.59 Å². The molecular weight excluding hydrogens is 246 g/mol. The van der Waals surface area contributed by atoms with E-state index < -0.39 is 11.9 Å². The van der Waals surface area contributed by atoms with Crippen LogP contribution in [0.1, 0.15) is 19.8 Å². The maximum absolute atomic E-state index is 12.5. The van der Waals surface area contributed by atoms with Gasteiger partial charge in [-0.2, -0.15) is 0 Å². The molecule has 0 aromatic carbocycles. The van der Waals surface area contributed by atoms with Gasteiger partial charge in [0.25, 0.3) is 0 Å². The lowest BCUT2D eigenvalue weighted by Crippen LogP contribution is -2.48. The number of hydrogen-bond donors (Lipinski definition) is 1. The van der Waals surface area contributed by atoms with Crippen LogP contribution in [-0.2, 0) is 4.79 Å². The molecule has 2 aliphatic rings. The molecule has 0 aromatic heterocycles. The van der Waals surface area contributed by atoms with E-state index in [2.05, 4.69) is 18.9 Å². The molecule has 0 aliphatic carbocycles. The number of carboxylic acids is 1. The molecule has 0 saturated carbocycles. The summed E-state index contributed by atoms with van der Waals surface area (Å²) in [4.78, 5) is 29.3. The van der Waals surface area contributed by atoms with Crippen molar-refractivity contribution in [3.8, 4) is 0 Å². The Morgan fingerprint density at radius 2 is 1.89 bits per heavy atom. The van der Waals surface area contributed by atoms with Crippen molar-refractivity contribution >= 4 is 12.0 Å². The van der Waals surface area contributed by atoms with Crippen LogP contribution in [0.25, 0.3) is 0 Å². The Balaban J connectivity index is 1.97. The summed E-state index contributed by atoms with van der Waals surface area (Å²) >= 11 is 0. The van der Waals surface area contributed by atoms with E-state index in [1.807, 2.05) is 4.90 Å². The maximum Gasteiger partial charge on any atom is 0.320 e. The van der Waals surface area contributed by atoms with E-state index in [1.54, 1.807) is 4.90 Å². The molecule has 2 fully saturated rings. The Hall–Kier alpha value is -1.30. The zero-order chi connectivity index (χ0) is 14.0. The van der Waals surface area contributed by atoms with Gasteiger partial charge in [-0.05, 0) is 33.4 Å². The van der Waals surface area contributed by atoms with Crippen molar-refractivity contribution in [3.05, 3.63) is 0 Å². The van der Waals surface area contributed by atoms with Crippen LogP contribution in [0, 0.1) is 5.92 Å². The molecule has 19 heavy (non-hydrogen) atoms. The lowest BCUT2D eigenvalue weighted by atomic mass is 10.1. The summed E-state index contributed by atoms with van der Waals surface area (Å²) < 4.78 is 0. The molecule has 0 radical (unpaired) electrons. The molecule has 2 saturated heterocycles. The average molecular weight is 269 g/mol. The van der Waals surface area contributed by atoms with Gasteiger partial charge in [0.1, 0.15) is 0 Å². The number of amides is 2. The Morgan fingerprint density at radius 1 is 1.16 bits per heavy atom. The van der Waals surface area contributed by atoms with E-state index in [-0.39, 0.29) is 12.1 Å². The second-order valence-corrected chi connectivity index (χ2v) is 5.71. The van der Waals surface area contributed by atoms with Crippen molar-refractivity contribution < 1.29 is 14.7 Å². The topological polar surface area (TPSA) is 64.1 Å². The molecule has 1 N–H and O–H groups in total. The van der Waals surface area contributed by atoms with Crippen molar-refractivity contribution in [2.24, 2.45) is 5.92 Å². The largest absolute Gasteiger partial charge is 0.481 e. The fourth-order valence-corrected chi connectivity index (χ4v) is 2.97. The number of likely N-dealkylation sites (tertiary alicyclic amines) is 1. The Labute approximate surface area is 114 Å². The van der Waals surface area contributed by atoms with Gasteiger partial charge >= 0.3 is 12.0 Å². The van der Waals surface area contributed by atoms with E-state index in [0.717, 1.165) is 26.1 Å². The number of rotatable bonds is 1. The number of carbonyl (C=O) groups excluding carboxylic acids is 1. The minimum Gasteiger partial charge on any atom is -0.481 e. The van der Waals surface area contributed by atoms with E-state index in [4.69, 9.17) is 5.11 Å². The first-order valence-corrected chi connectivity index (χ1v) is 6.96. The third-order valence-electron chi connectivity index (χ3n) is 4.10. The van der Waals surface area contributed by atoms with Gasteiger partial charge in [-0.25, -0.2) is 4.79 Å². The quantitative estimate of drug-likeness (QED) is 0.754. The highest BCUT2D eigenvalue weighted by Crippen LogP contribution is 2.20. The molecule has 108 valence electrons. The zero-order valence-corrected chi connectivity index (χ0v) is 11.7. The van der Waals surface area contributed by atoms with Gasteiger partial charge < -0.3 is 19.8 Å². The van der Waals surface area contributed by atoms with Crippen LogP contribution >= 0.6 is 0 Å². The predicted octanol–water partition coefficient (Wildman–Crippen LogP) is 0.539. The molecule has 2 atom stereocenters. The summed E-state index contributed by atoms with van der Waals surface area (Å²) in [5, 5.41) is 9.00. The summed E-state index contributed by atoms with van der Waals surface area (Å²) in [6.45, 7) is 5.62. The third-order valence-corrected chi connectivity index (χ3v) is 4.10. The van der Waals surface area contributed by atoms with Crippen LogP contribution in [0.2, 0.25) is 0 Å². The van der Waals surface area contributed by atoms with E-state index >= 15 is 0 Å². The van der Waals surface area contributed by atoms with Crippen molar-refractivity contribution in [1.82, 2.24) is 14.7 Å². The van der Waals surface area contributed by atoms with Gasteiger partial charge in [0.05, 0.1) is 5.92 Å². The second-order valence-electron chi connectivity index (χ2n) is 5.71. The summed E-state index contributed by atoms with van der Waals surface area (Å²) in [5.74, 6) is -1.19. The first-order chi connectivity index (χ1) is 8.99. The van der Waals surface area contributed by atoms with Gasteiger partial charge in [0.2, 0.25) is 0 Å². The van der Waals surface area contributed by atoms with Crippen LogP contribution in [0.15, 0.2) is 0 Å². The molecule has 0 spiro atoms. The molecule has 6 nitrogen and oxygen atoms in total. The monoisotopic (exact) mass is 269 g/mol. The van der Waals surface area contributed by atoms with Crippen molar-refractivity contribution in [2.75, 3.05) is 39.8 Å². The number of aliphatic carboxylic acids is 1. The smallest absolute Gasteiger partial charge is 0.320 e. The van der Waals surface area contributed by atoms with Crippen LogP contribution in [-0.4, -0.2) is 77.6 Å². The van der Waals surface area contributed by atoms with Crippen molar-refractivity contribution in [2.45, 2.75) is 25.8 Å². The van der Waals surface area contributed by atoms with Gasteiger partial charge in [0.15, 0.2) is 0 Å². The molecule has 2 heterocycles. The molecule has 2 rings (SSSR count). The molecule has 6 heteroatoms. The molecule has 0 bridgehead atoms. The minimum atomic E-state index is -0.793. The highest BCUT2D eigenvalue weighted by molar-refractivity contribution is 5.77. The summed E-state index contributed by atoms with van der Waals surface area (Å²) in [6, 6.07) is 0.190. The molecule has 2 aliphatic heterocycles. The zero-order valence-electron chi connectivity index (χ0n) is 11.7. The van der Waals surface area contributed by atoms with Crippen LogP contribution in [0.5, 0.6) is 0 Å². The van der Waals surface area contributed by atoms with Gasteiger partial charge in [-0.3, -0.25) is 4.79 Å². The molecular formula is C13H23N3O3. The summed E-state index contributed by atoms with van der Waals surface area (Å²) in [7, 11) is 2.07. The Morgan fingerprint density at radius 3 is 2.53 bits per heavy atom. The number of carboxylic acid groups (broad SMARTS) is 1. The minimum absolute atomic E-state index is 0.00606. The van der Waals surface area contributed by atoms with Gasteiger partial charge in [-0.1, -0.05) is 0 Å².